The fraction of sp³-hybridized carbons (Fsp3) is 0.480. The number of halogens is 2. The van der Waals surface area contributed by atoms with Crippen molar-refractivity contribution < 1.29 is 9.59 Å². The summed E-state index contributed by atoms with van der Waals surface area (Å²) in [6.45, 7) is 4.55. The molecular weight excluding hydrogens is 885 g/mol. The third-order valence-electron chi connectivity index (χ3n) is 11.6. The summed E-state index contributed by atoms with van der Waals surface area (Å²) >= 11 is 10.3. The van der Waals surface area contributed by atoms with E-state index in [1.807, 2.05) is 24.3 Å². The SMILES string of the molecule is CCCCCCCCCCCCc1ccc(N2C(=O)C(c3ccc(Br)s3)=C3C2=C(c2ccc(Br)s2)C(=O)N3c2ccc(CCCCCCCCCCCC)cc2)cc1. The van der Waals surface area contributed by atoms with Crippen molar-refractivity contribution >= 4 is 88.9 Å². The van der Waals surface area contributed by atoms with Gasteiger partial charge in [0.05, 0.1) is 30.1 Å². The number of thiophene rings is 2. The lowest BCUT2D eigenvalue weighted by Crippen LogP contribution is -2.27. The van der Waals surface area contributed by atoms with Crippen LogP contribution in [0, 0.1) is 0 Å². The highest BCUT2D eigenvalue weighted by Gasteiger charge is 2.50. The molecule has 0 N–H and O–H groups in total. The summed E-state index contributed by atoms with van der Waals surface area (Å²) < 4.78 is 1.89. The monoisotopic (exact) mass is 944 g/mol. The highest BCUT2D eigenvalue weighted by molar-refractivity contribution is 9.11. The van der Waals surface area contributed by atoms with Crippen LogP contribution in [-0.2, 0) is 22.4 Å². The lowest BCUT2D eigenvalue weighted by molar-refractivity contribution is -0.112. The number of anilines is 2. The van der Waals surface area contributed by atoms with Crippen molar-refractivity contribution in [2.24, 2.45) is 0 Å². The van der Waals surface area contributed by atoms with Gasteiger partial charge in [-0.3, -0.25) is 19.4 Å². The van der Waals surface area contributed by atoms with Crippen LogP contribution >= 0.6 is 54.5 Å². The van der Waals surface area contributed by atoms with Gasteiger partial charge in [0.15, 0.2) is 0 Å². The minimum absolute atomic E-state index is 0.106. The minimum Gasteiger partial charge on any atom is -0.274 e. The number of fused-ring (bicyclic) bond motifs is 1. The summed E-state index contributed by atoms with van der Waals surface area (Å²) in [6, 6.07) is 24.9. The van der Waals surface area contributed by atoms with Gasteiger partial charge in [0.2, 0.25) is 0 Å². The summed E-state index contributed by atoms with van der Waals surface area (Å²) in [4.78, 5) is 35.0. The van der Waals surface area contributed by atoms with Gasteiger partial charge in [0.1, 0.15) is 0 Å². The molecule has 0 spiro atoms. The normalized spacial score (nSPS) is 14.2. The van der Waals surface area contributed by atoms with E-state index in [9.17, 15) is 9.59 Å². The van der Waals surface area contributed by atoms with Gasteiger partial charge in [0.25, 0.3) is 11.8 Å². The average Bonchev–Trinajstić information content (AvgIpc) is 3.99. The van der Waals surface area contributed by atoms with Gasteiger partial charge in [-0.15, -0.1) is 22.7 Å². The third-order valence-corrected chi connectivity index (χ3v) is 14.9. The molecule has 4 aromatic rings. The van der Waals surface area contributed by atoms with Gasteiger partial charge in [0, 0.05) is 21.1 Å². The van der Waals surface area contributed by atoms with Crippen LogP contribution < -0.4 is 9.80 Å². The van der Waals surface area contributed by atoms with E-state index in [4.69, 9.17) is 0 Å². The second-order valence-corrected chi connectivity index (χ2v) is 21.1. The number of unbranched alkanes of at least 4 members (excludes halogenated alkanes) is 18. The zero-order chi connectivity index (χ0) is 40.7. The van der Waals surface area contributed by atoms with Crippen molar-refractivity contribution in [3.63, 3.8) is 0 Å². The molecule has 0 unspecified atom stereocenters. The largest absolute Gasteiger partial charge is 0.274 e. The van der Waals surface area contributed by atoms with Gasteiger partial charge >= 0.3 is 0 Å². The Morgan fingerprint density at radius 3 is 1.02 bits per heavy atom. The van der Waals surface area contributed by atoms with Crippen molar-refractivity contribution in [1.82, 2.24) is 0 Å². The van der Waals surface area contributed by atoms with E-state index in [-0.39, 0.29) is 11.8 Å². The summed E-state index contributed by atoms with van der Waals surface area (Å²) in [6.07, 6.45) is 28.5. The smallest absolute Gasteiger partial charge is 0.266 e. The molecule has 58 heavy (non-hydrogen) atoms. The van der Waals surface area contributed by atoms with E-state index in [1.165, 1.54) is 162 Å². The van der Waals surface area contributed by atoms with Crippen LogP contribution in [0.15, 0.2) is 91.8 Å². The molecule has 0 fully saturated rings. The second-order valence-electron chi connectivity index (χ2n) is 16.1. The molecule has 0 radical (unpaired) electrons. The summed E-state index contributed by atoms with van der Waals surface area (Å²) in [5, 5.41) is 0. The number of hydrogen-bond acceptors (Lipinski definition) is 4. The highest BCUT2D eigenvalue weighted by Crippen LogP contribution is 2.52. The Morgan fingerprint density at radius 2 is 0.724 bits per heavy atom. The Hall–Kier alpha value is -2.78. The first kappa shape index (κ1) is 44.8. The summed E-state index contributed by atoms with van der Waals surface area (Å²) in [5.74, 6) is -0.213. The van der Waals surface area contributed by atoms with Crippen LogP contribution in [0.4, 0.5) is 11.4 Å². The van der Waals surface area contributed by atoms with Crippen LogP contribution in [0.25, 0.3) is 11.1 Å². The Morgan fingerprint density at radius 1 is 0.414 bits per heavy atom. The van der Waals surface area contributed by atoms with Gasteiger partial charge in [-0.2, -0.15) is 0 Å². The molecule has 4 nitrogen and oxygen atoms in total. The van der Waals surface area contributed by atoms with E-state index < -0.39 is 0 Å². The van der Waals surface area contributed by atoms with Gasteiger partial charge in [-0.1, -0.05) is 154 Å². The Labute approximate surface area is 373 Å². The number of aryl methyl sites for hydroxylation is 2. The molecule has 0 saturated carbocycles. The number of hydrogen-bond donors (Lipinski definition) is 0. The first-order chi connectivity index (χ1) is 28.4. The molecule has 310 valence electrons. The number of nitrogens with zero attached hydrogens (tertiary/aromatic N) is 2. The van der Waals surface area contributed by atoms with Crippen LogP contribution in [0.2, 0.25) is 0 Å². The maximum atomic E-state index is 14.9. The highest BCUT2D eigenvalue weighted by atomic mass is 79.9. The molecule has 2 aromatic heterocycles. The Kier molecular flexibility index (Phi) is 18.0. The Balaban J connectivity index is 1.18. The minimum atomic E-state index is -0.106. The predicted octanol–water partition coefficient (Wildman–Crippen LogP) is 16.5. The van der Waals surface area contributed by atoms with Crippen molar-refractivity contribution in [3.8, 4) is 0 Å². The van der Waals surface area contributed by atoms with Crippen molar-refractivity contribution in [3.05, 3.63) is 113 Å². The van der Waals surface area contributed by atoms with E-state index in [0.29, 0.717) is 22.5 Å². The topological polar surface area (TPSA) is 40.6 Å². The second kappa shape index (κ2) is 23.3. The van der Waals surface area contributed by atoms with Crippen LogP contribution in [0.5, 0.6) is 0 Å². The first-order valence-corrected chi connectivity index (χ1v) is 25.5. The fourth-order valence-corrected chi connectivity index (χ4v) is 11.2. The standard InChI is InChI=1S/C50H62Br2N2O2S2/c1-3-5-7-9-11-13-15-17-19-21-23-37-25-29-39(30-26-37)53-47-45(41-33-35-43(51)57-41)50(56)54(48(47)46(49(53)55)42-34-36-44(52)58-42)40-31-27-38(28-32-40)24-22-20-18-16-14-12-10-8-6-4-2/h25-36H,3-24H2,1-2H3. The lowest BCUT2D eigenvalue weighted by Gasteiger charge is -2.20. The molecule has 2 aliphatic heterocycles. The van der Waals surface area contributed by atoms with Crippen LogP contribution in [0.1, 0.15) is 163 Å². The average molecular weight is 947 g/mol. The molecule has 0 aliphatic carbocycles. The van der Waals surface area contributed by atoms with Crippen molar-refractivity contribution in [1.29, 1.82) is 0 Å². The summed E-state index contributed by atoms with van der Waals surface area (Å²) in [5.41, 5.74) is 6.59. The molecule has 0 atom stereocenters. The number of rotatable bonds is 26. The van der Waals surface area contributed by atoms with Crippen molar-refractivity contribution in [2.45, 2.75) is 155 Å². The molecule has 4 heterocycles. The summed E-state index contributed by atoms with van der Waals surface area (Å²) in [7, 11) is 0. The van der Waals surface area contributed by atoms with Crippen LogP contribution in [-0.4, -0.2) is 11.8 Å². The van der Waals surface area contributed by atoms with E-state index in [0.717, 1.165) is 41.5 Å². The predicted molar refractivity (Wildman–Crippen MR) is 257 cm³/mol. The number of benzene rings is 2. The molecule has 2 aromatic carbocycles. The zero-order valence-electron chi connectivity index (χ0n) is 34.8. The van der Waals surface area contributed by atoms with Crippen molar-refractivity contribution in [2.75, 3.05) is 9.80 Å². The van der Waals surface area contributed by atoms with E-state index in [1.54, 1.807) is 9.80 Å². The number of carbonyl (C=O) groups excluding carboxylic acids is 2. The maximum absolute atomic E-state index is 14.9. The molecule has 0 saturated heterocycles. The first-order valence-electron chi connectivity index (χ1n) is 22.3. The molecule has 0 bridgehead atoms. The maximum Gasteiger partial charge on any atom is 0.266 e. The quantitative estimate of drug-likeness (QED) is 0.0589. The van der Waals surface area contributed by atoms with E-state index >= 15 is 0 Å². The van der Waals surface area contributed by atoms with E-state index in [2.05, 4.69) is 94.2 Å². The van der Waals surface area contributed by atoms with Gasteiger partial charge in [-0.25, -0.2) is 0 Å². The molecular formula is C50H62Br2N2O2S2. The molecule has 6 rings (SSSR count). The third kappa shape index (κ3) is 11.7. The lowest BCUT2D eigenvalue weighted by atomic mass is 10.0. The Bertz CT molecular complexity index is 1850. The fourth-order valence-electron chi connectivity index (χ4n) is 8.39. The molecule has 2 aliphatic rings. The number of amides is 2. The number of carbonyl (C=O) groups is 2. The zero-order valence-corrected chi connectivity index (χ0v) is 39.6. The molecule has 8 heteroatoms. The molecule has 2 amide bonds. The van der Waals surface area contributed by atoms with Gasteiger partial charge < -0.3 is 0 Å². The van der Waals surface area contributed by atoms with Gasteiger partial charge in [-0.05, 0) is 117 Å². The van der Waals surface area contributed by atoms with Crippen LogP contribution in [0.3, 0.4) is 0 Å².